The number of nitrogen functional groups attached to an aromatic ring is 1. The fraction of sp³-hybridized carbons (Fsp3) is 0.562. The lowest BCUT2D eigenvalue weighted by Crippen LogP contribution is -2.45. The number of anilines is 1. The fourth-order valence-electron chi connectivity index (χ4n) is 2.84. The molecule has 6 heteroatoms. The SMILES string of the molecule is CCCN1CCC(N(C)C(=O)c2ccc(N)cc2)CC1.Cl.Cl. The first-order chi connectivity index (χ1) is 9.61. The minimum absolute atomic E-state index is 0. The van der Waals surface area contributed by atoms with Crippen LogP contribution in [0.4, 0.5) is 5.69 Å². The highest BCUT2D eigenvalue weighted by molar-refractivity contribution is 5.94. The summed E-state index contributed by atoms with van der Waals surface area (Å²) in [5.74, 6) is 0.0962. The molecule has 0 atom stereocenters. The minimum Gasteiger partial charge on any atom is -0.399 e. The Balaban J connectivity index is 0.00000220. The highest BCUT2D eigenvalue weighted by atomic mass is 35.5. The van der Waals surface area contributed by atoms with E-state index in [1.54, 1.807) is 24.3 Å². The van der Waals surface area contributed by atoms with Crippen LogP contribution in [-0.2, 0) is 0 Å². The third-order valence-electron chi connectivity index (χ3n) is 4.12. The number of carbonyl (C=O) groups is 1. The van der Waals surface area contributed by atoms with Gasteiger partial charge in [0.05, 0.1) is 0 Å². The van der Waals surface area contributed by atoms with Gasteiger partial charge in [-0.15, -0.1) is 24.8 Å². The molecule has 22 heavy (non-hydrogen) atoms. The standard InChI is InChI=1S/C16H25N3O.2ClH/c1-3-10-19-11-8-15(9-12-19)18(2)16(20)13-4-6-14(17)7-5-13;;/h4-7,15H,3,8-12,17H2,1-2H3;2*1H. The monoisotopic (exact) mass is 347 g/mol. The first kappa shape index (κ1) is 21.0. The summed E-state index contributed by atoms with van der Waals surface area (Å²) >= 11 is 0. The summed E-state index contributed by atoms with van der Waals surface area (Å²) in [7, 11) is 1.92. The van der Waals surface area contributed by atoms with Gasteiger partial charge in [0.1, 0.15) is 0 Å². The number of carbonyl (C=O) groups excluding carboxylic acids is 1. The Kier molecular flexibility index (Phi) is 9.49. The maximum absolute atomic E-state index is 12.4. The van der Waals surface area contributed by atoms with Crippen LogP contribution in [0.5, 0.6) is 0 Å². The van der Waals surface area contributed by atoms with Crippen molar-refractivity contribution in [3.63, 3.8) is 0 Å². The average Bonchev–Trinajstić information content (AvgIpc) is 2.48. The molecule has 0 unspecified atom stereocenters. The zero-order valence-corrected chi connectivity index (χ0v) is 15.0. The van der Waals surface area contributed by atoms with E-state index in [1.165, 1.54) is 13.0 Å². The lowest BCUT2D eigenvalue weighted by Gasteiger charge is -2.36. The largest absolute Gasteiger partial charge is 0.399 e. The van der Waals surface area contributed by atoms with Crippen LogP contribution < -0.4 is 5.73 Å². The van der Waals surface area contributed by atoms with Crippen LogP contribution >= 0.6 is 24.8 Å². The molecule has 2 N–H and O–H groups in total. The Morgan fingerprint density at radius 3 is 2.27 bits per heavy atom. The van der Waals surface area contributed by atoms with E-state index in [2.05, 4.69) is 11.8 Å². The van der Waals surface area contributed by atoms with E-state index in [1.807, 2.05) is 11.9 Å². The van der Waals surface area contributed by atoms with Crippen molar-refractivity contribution in [3.8, 4) is 0 Å². The summed E-state index contributed by atoms with van der Waals surface area (Å²) in [6.45, 7) is 5.57. The van der Waals surface area contributed by atoms with E-state index in [0.29, 0.717) is 11.7 Å². The molecule has 0 bridgehead atoms. The number of halogens is 2. The molecule has 0 aromatic heterocycles. The third kappa shape index (κ3) is 5.34. The number of hydrogen-bond acceptors (Lipinski definition) is 3. The molecule has 1 heterocycles. The van der Waals surface area contributed by atoms with Crippen LogP contribution in [0.3, 0.4) is 0 Å². The Hall–Kier alpha value is -0.970. The first-order valence-corrected chi connectivity index (χ1v) is 7.47. The normalized spacial score (nSPS) is 15.5. The molecule has 1 saturated heterocycles. The predicted octanol–water partition coefficient (Wildman–Crippen LogP) is 3.06. The van der Waals surface area contributed by atoms with Crippen LogP contribution in [0.1, 0.15) is 36.5 Å². The quantitative estimate of drug-likeness (QED) is 0.851. The molecular formula is C16H27Cl2N3O. The van der Waals surface area contributed by atoms with Crippen LogP contribution in [0.15, 0.2) is 24.3 Å². The van der Waals surface area contributed by atoms with E-state index >= 15 is 0 Å². The Morgan fingerprint density at radius 2 is 1.77 bits per heavy atom. The van der Waals surface area contributed by atoms with Gasteiger partial charge in [-0.2, -0.15) is 0 Å². The molecule has 1 fully saturated rings. The maximum Gasteiger partial charge on any atom is 0.253 e. The number of hydrogen-bond donors (Lipinski definition) is 1. The minimum atomic E-state index is 0. The number of nitrogens with two attached hydrogens (primary N) is 1. The van der Waals surface area contributed by atoms with Gasteiger partial charge in [-0.1, -0.05) is 6.92 Å². The smallest absolute Gasteiger partial charge is 0.253 e. The number of rotatable bonds is 4. The lowest BCUT2D eigenvalue weighted by atomic mass is 10.0. The van der Waals surface area contributed by atoms with Gasteiger partial charge in [0.2, 0.25) is 0 Å². The second-order valence-corrected chi connectivity index (χ2v) is 5.61. The number of piperidine rings is 1. The van der Waals surface area contributed by atoms with Crippen molar-refractivity contribution in [2.24, 2.45) is 0 Å². The molecule has 1 amide bonds. The van der Waals surface area contributed by atoms with Crippen molar-refractivity contribution < 1.29 is 4.79 Å². The molecule has 0 saturated carbocycles. The van der Waals surface area contributed by atoms with Gasteiger partial charge in [-0.25, -0.2) is 0 Å². The molecular weight excluding hydrogens is 321 g/mol. The van der Waals surface area contributed by atoms with E-state index < -0.39 is 0 Å². The molecule has 126 valence electrons. The summed E-state index contributed by atoms with van der Waals surface area (Å²) in [6, 6.07) is 7.53. The number of likely N-dealkylation sites (tertiary alicyclic amines) is 1. The Morgan fingerprint density at radius 1 is 1.23 bits per heavy atom. The third-order valence-corrected chi connectivity index (χ3v) is 4.12. The van der Waals surface area contributed by atoms with E-state index in [0.717, 1.165) is 31.5 Å². The van der Waals surface area contributed by atoms with Crippen molar-refractivity contribution >= 4 is 36.4 Å². The second-order valence-electron chi connectivity index (χ2n) is 5.61. The van der Waals surface area contributed by atoms with Gasteiger partial charge in [-0.3, -0.25) is 4.79 Å². The summed E-state index contributed by atoms with van der Waals surface area (Å²) < 4.78 is 0. The van der Waals surface area contributed by atoms with Gasteiger partial charge >= 0.3 is 0 Å². The number of nitrogens with zero attached hydrogens (tertiary/aromatic N) is 2. The maximum atomic E-state index is 12.4. The van der Waals surface area contributed by atoms with E-state index in [4.69, 9.17) is 5.73 Å². The van der Waals surface area contributed by atoms with Gasteiger partial charge in [0.15, 0.2) is 0 Å². The van der Waals surface area contributed by atoms with Crippen molar-refractivity contribution in [1.29, 1.82) is 0 Å². The van der Waals surface area contributed by atoms with Crippen LogP contribution in [0.2, 0.25) is 0 Å². The molecule has 1 aliphatic heterocycles. The fourth-order valence-corrected chi connectivity index (χ4v) is 2.84. The molecule has 1 aromatic rings. The topological polar surface area (TPSA) is 49.6 Å². The average molecular weight is 348 g/mol. The van der Waals surface area contributed by atoms with Gasteiger partial charge in [0.25, 0.3) is 5.91 Å². The van der Waals surface area contributed by atoms with Crippen LogP contribution in [0, 0.1) is 0 Å². The van der Waals surface area contributed by atoms with Crippen LogP contribution in [0.25, 0.3) is 0 Å². The number of benzene rings is 1. The summed E-state index contributed by atoms with van der Waals surface area (Å²) in [4.78, 5) is 16.8. The number of amides is 1. The van der Waals surface area contributed by atoms with E-state index in [9.17, 15) is 4.79 Å². The molecule has 4 nitrogen and oxygen atoms in total. The highest BCUT2D eigenvalue weighted by Gasteiger charge is 2.25. The van der Waals surface area contributed by atoms with Gasteiger partial charge in [-0.05, 0) is 50.1 Å². The predicted molar refractivity (Wildman–Crippen MR) is 97.2 cm³/mol. The van der Waals surface area contributed by atoms with Crippen LogP contribution in [-0.4, -0.2) is 48.4 Å². The molecule has 2 rings (SSSR count). The Bertz CT molecular complexity index is 445. The molecule has 0 radical (unpaired) electrons. The lowest BCUT2D eigenvalue weighted by molar-refractivity contribution is 0.0643. The van der Waals surface area contributed by atoms with E-state index in [-0.39, 0.29) is 30.7 Å². The molecule has 0 spiro atoms. The summed E-state index contributed by atoms with van der Waals surface area (Å²) in [5.41, 5.74) is 7.07. The van der Waals surface area contributed by atoms with Crippen molar-refractivity contribution in [2.75, 3.05) is 32.4 Å². The molecule has 1 aromatic carbocycles. The van der Waals surface area contributed by atoms with Gasteiger partial charge < -0.3 is 15.5 Å². The Labute approximate surface area is 145 Å². The molecule has 0 aliphatic carbocycles. The zero-order chi connectivity index (χ0) is 14.5. The molecule has 1 aliphatic rings. The zero-order valence-electron chi connectivity index (χ0n) is 13.3. The first-order valence-electron chi connectivity index (χ1n) is 7.47. The second kappa shape index (κ2) is 9.93. The highest BCUT2D eigenvalue weighted by Crippen LogP contribution is 2.18. The van der Waals surface area contributed by atoms with Crippen molar-refractivity contribution in [2.45, 2.75) is 32.2 Å². The summed E-state index contributed by atoms with van der Waals surface area (Å²) in [6.07, 6.45) is 3.33. The van der Waals surface area contributed by atoms with Gasteiger partial charge in [0, 0.05) is 37.4 Å². The summed E-state index contributed by atoms with van der Waals surface area (Å²) in [5, 5.41) is 0. The van der Waals surface area contributed by atoms with Crippen molar-refractivity contribution in [1.82, 2.24) is 9.80 Å². The van der Waals surface area contributed by atoms with Crippen molar-refractivity contribution in [3.05, 3.63) is 29.8 Å².